The Bertz CT molecular complexity index is 1220. The average Bonchev–Trinajstić information content (AvgIpc) is 2.71. The van der Waals surface area contributed by atoms with Crippen LogP contribution in [0.2, 0.25) is 0 Å². The van der Waals surface area contributed by atoms with E-state index in [0.29, 0.717) is 16.9 Å². The number of aromatic nitrogens is 3. The van der Waals surface area contributed by atoms with E-state index in [4.69, 9.17) is 0 Å². The quantitative estimate of drug-likeness (QED) is 0.490. The summed E-state index contributed by atoms with van der Waals surface area (Å²) >= 11 is 1.10. The van der Waals surface area contributed by atoms with E-state index in [1.165, 1.54) is 6.92 Å². The number of carbonyl (C=O) groups excluding carboxylic acids is 2. The molecule has 166 valence electrons. The number of thioether (sulfide) groups is 1. The predicted molar refractivity (Wildman–Crippen MR) is 127 cm³/mol. The van der Waals surface area contributed by atoms with Crippen LogP contribution >= 0.6 is 11.8 Å². The number of carbonyl (C=O) groups is 2. The third kappa shape index (κ3) is 5.61. The van der Waals surface area contributed by atoms with Gasteiger partial charge in [0.15, 0.2) is 10.9 Å². The van der Waals surface area contributed by atoms with Gasteiger partial charge in [-0.15, -0.1) is 10.2 Å². The summed E-state index contributed by atoms with van der Waals surface area (Å²) in [6.45, 7) is 8.85. The number of hydrogen-bond acceptors (Lipinski definition) is 6. The fraction of sp³-hybridized carbons (Fsp3) is 0.261. The SMILES string of the molecule is CC(=O)Nc1c(C)cc(C)cc1-c1nnc(S[C@H](C)C(=O)Nc2ccc(C)cc2)[nH]c1=O. The van der Waals surface area contributed by atoms with Crippen LogP contribution in [0, 0.1) is 20.8 Å². The van der Waals surface area contributed by atoms with Crippen LogP contribution in [0.5, 0.6) is 0 Å². The molecule has 3 aromatic rings. The van der Waals surface area contributed by atoms with Crippen molar-refractivity contribution in [2.75, 3.05) is 10.6 Å². The second-order valence-corrected chi connectivity index (χ2v) is 8.94. The Labute approximate surface area is 190 Å². The highest BCUT2D eigenvalue weighted by Gasteiger charge is 2.19. The second-order valence-electron chi connectivity index (χ2n) is 7.61. The van der Waals surface area contributed by atoms with Crippen LogP contribution in [0.3, 0.4) is 0 Å². The van der Waals surface area contributed by atoms with E-state index in [0.717, 1.165) is 28.5 Å². The van der Waals surface area contributed by atoms with Gasteiger partial charge in [-0.2, -0.15) is 0 Å². The molecule has 9 heteroatoms. The van der Waals surface area contributed by atoms with E-state index >= 15 is 0 Å². The van der Waals surface area contributed by atoms with Crippen LogP contribution in [-0.4, -0.2) is 32.2 Å². The van der Waals surface area contributed by atoms with Gasteiger partial charge in [0, 0.05) is 18.2 Å². The van der Waals surface area contributed by atoms with E-state index in [1.807, 2.05) is 51.1 Å². The summed E-state index contributed by atoms with van der Waals surface area (Å²) < 4.78 is 0. The highest BCUT2D eigenvalue weighted by Crippen LogP contribution is 2.30. The Kier molecular flexibility index (Phi) is 7.09. The van der Waals surface area contributed by atoms with Crippen LogP contribution in [0.1, 0.15) is 30.5 Å². The smallest absolute Gasteiger partial charge is 0.278 e. The minimum atomic E-state index is -0.511. The van der Waals surface area contributed by atoms with Crippen molar-refractivity contribution in [3.8, 4) is 11.3 Å². The summed E-state index contributed by atoms with van der Waals surface area (Å²) in [6, 6.07) is 11.2. The van der Waals surface area contributed by atoms with Crippen molar-refractivity contribution in [1.29, 1.82) is 0 Å². The normalized spacial score (nSPS) is 11.7. The molecule has 2 amide bonds. The molecule has 1 heterocycles. The van der Waals surface area contributed by atoms with Crippen molar-refractivity contribution in [3.05, 3.63) is 63.4 Å². The van der Waals surface area contributed by atoms with Crippen molar-refractivity contribution in [3.63, 3.8) is 0 Å². The summed E-state index contributed by atoms with van der Waals surface area (Å²) in [5.41, 5.74) is 4.20. The van der Waals surface area contributed by atoms with Crippen molar-refractivity contribution in [1.82, 2.24) is 15.2 Å². The zero-order valence-electron chi connectivity index (χ0n) is 18.6. The molecule has 0 saturated heterocycles. The van der Waals surface area contributed by atoms with Crippen LogP contribution in [0.25, 0.3) is 11.3 Å². The van der Waals surface area contributed by atoms with E-state index in [9.17, 15) is 14.4 Å². The van der Waals surface area contributed by atoms with Gasteiger partial charge in [0.1, 0.15) is 0 Å². The molecule has 8 nitrogen and oxygen atoms in total. The molecule has 2 aromatic carbocycles. The maximum atomic E-state index is 12.8. The summed E-state index contributed by atoms with van der Waals surface area (Å²) in [5.74, 6) is -0.462. The third-order valence-corrected chi connectivity index (χ3v) is 5.66. The van der Waals surface area contributed by atoms with Crippen LogP contribution in [-0.2, 0) is 9.59 Å². The lowest BCUT2D eigenvalue weighted by atomic mass is 10.0. The molecule has 0 spiro atoms. The summed E-state index contributed by atoms with van der Waals surface area (Å²) in [7, 11) is 0. The Balaban J connectivity index is 1.81. The molecule has 0 aliphatic carbocycles. The highest BCUT2D eigenvalue weighted by atomic mass is 32.2. The monoisotopic (exact) mass is 451 g/mol. The molecule has 0 fully saturated rings. The van der Waals surface area contributed by atoms with Gasteiger partial charge < -0.3 is 10.6 Å². The number of rotatable bonds is 6. The van der Waals surface area contributed by atoms with Crippen molar-refractivity contribution >= 4 is 35.0 Å². The topological polar surface area (TPSA) is 117 Å². The first kappa shape index (κ1) is 23.2. The number of nitrogens with zero attached hydrogens (tertiary/aromatic N) is 2. The van der Waals surface area contributed by atoms with Gasteiger partial charge in [-0.05, 0) is 51.5 Å². The maximum absolute atomic E-state index is 12.8. The predicted octanol–water partition coefficient (Wildman–Crippen LogP) is 3.83. The molecule has 3 rings (SSSR count). The zero-order valence-corrected chi connectivity index (χ0v) is 19.4. The molecule has 1 aromatic heterocycles. The number of H-pyrrole nitrogens is 1. The fourth-order valence-corrected chi connectivity index (χ4v) is 3.89. The number of anilines is 2. The molecule has 1 atom stereocenters. The molecule has 0 aliphatic rings. The lowest BCUT2D eigenvalue weighted by Crippen LogP contribution is -2.23. The first-order chi connectivity index (χ1) is 15.1. The lowest BCUT2D eigenvalue weighted by molar-refractivity contribution is -0.115. The number of amides is 2. The van der Waals surface area contributed by atoms with Crippen molar-refractivity contribution < 1.29 is 9.59 Å². The highest BCUT2D eigenvalue weighted by molar-refractivity contribution is 8.00. The Morgan fingerprint density at radius 1 is 1.00 bits per heavy atom. The summed E-state index contributed by atoms with van der Waals surface area (Å²) in [5, 5.41) is 13.5. The Morgan fingerprint density at radius 3 is 2.31 bits per heavy atom. The lowest BCUT2D eigenvalue weighted by Gasteiger charge is -2.14. The van der Waals surface area contributed by atoms with Gasteiger partial charge in [-0.1, -0.05) is 41.1 Å². The minimum absolute atomic E-state index is 0.0988. The number of nitrogens with one attached hydrogen (secondary N) is 3. The number of hydrogen-bond donors (Lipinski definition) is 3. The summed E-state index contributed by atoms with van der Waals surface area (Å²) in [6.07, 6.45) is 0. The minimum Gasteiger partial charge on any atom is -0.325 e. The van der Waals surface area contributed by atoms with Crippen molar-refractivity contribution in [2.45, 2.75) is 45.0 Å². The van der Waals surface area contributed by atoms with Crippen LogP contribution < -0.4 is 16.2 Å². The fourth-order valence-electron chi connectivity index (χ4n) is 3.15. The van der Waals surface area contributed by atoms with E-state index in [2.05, 4.69) is 25.8 Å². The Morgan fingerprint density at radius 2 is 1.69 bits per heavy atom. The Hall–Kier alpha value is -3.46. The van der Waals surface area contributed by atoms with Gasteiger partial charge in [0.25, 0.3) is 5.56 Å². The molecular weight excluding hydrogens is 426 g/mol. The zero-order chi connectivity index (χ0) is 23.4. The standard InChI is InChI=1S/C23H25N5O3S/c1-12-6-8-17(9-7-12)25-21(30)15(4)32-23-26-22(31)20(27-28-23)18-11-13(2)10-14(3)19(18)24-16(5)29/h6-11,15H,1-5H3,(H,24,29)(H,25,30)(H,26,28,31)/t15-/m1/s1. The molecule has 32 heavy (non-hydrogen) atoms. The molecule has 0 saturated carbocycles. The number of aromatic amines is 1. The number of benzene rings is 2. The molecule has 0 aliphatic heterocycles. The second kappa shape index (κ2) is 9.78. The number of aryl methyl sites for hydroxylation is 3. The van der Waals surface area contributed by atoms with Gasteiger partial charge in [0.2, 0.25) is 11.8 Å². The molecule has 0 radical (unpaired) electrons. The van der Waals surface area contributed by atoms with Gasteiger partial charge in [0.05, 0.1) is 10.9 Å². The van der Waals surface area contributed by atoms with Gasteiger partial charge >= 0.3 is 0 Å². The van der Waals surface area contributed by atoms with E-state index < -0.39 is 10.8 Å². The van der Waals surface area contributed by atoms with Crippen LogP contribution in [0.15, 0.2) is 46.3 Å². The first-order valence-electron chi connectivity index (χ1n) is 10.0. The van der Waals surface area contributed by atoms with E-state index in [1.54, 1.807) is 13.0 Å². The van der Waals surface area contributed by atoms with Gasteiger partial charge in [-0.25, -0.2) is 0 Å². The molecular formula is C23H25N5O3S. The average molecular weight is 452 g/mol. The molecule has 3 N–H and O–H groups in total. The third-order valence-electron chi connectivity index (χ3n) is 4.69. The maximum Gasteiger partial charge on any atom is 0.278 e. The van der Waals surface area contributed by atoms with Gasteiger partial charge in [-0.3, -0.25) is 19.4 Å². The summed E-state index contributed by atoms with van der Waals surface area (Å²) in [4.78, 5) is 39.6. The molecule has 0 unspecified atom stereocenters. The first-order valence-corrected chi connectivity index (χ1v) is 10.9. The van der Waals surface area contributed by atoms with E-state index in [-0.39, 0.29) is 22.7 Å². The largest absolute Gasteiger partial charge is 0.325 e. The van der Waals surface area contributed by atoms with Crippen molar-refractivity contribution in [2.24, 2.45) is 0 Å². The molecule has 0 bridgehead atoms. The van der Waals surface area contributed by atoms with Crippen LogP contribution in [0.4, 0.5) is 11.4 Å².